The van der Waals surface area contributed by atoms with Crippen molar-refractivity contribution in [1.82, 2.24) is 4.98 Å². The minimum absolute atomic E-state index is 0.158. The molecule has 2 aromatic carbocycles. The van der Waals surface area contributed by atoms with Gasteiger partial charge in [-0.25, -0.2) is 13.4 Å². The monoisotopic (exact) mass is 480 g/mol. The van der Waals surface area contributed by atoms with Gasteiger partial charge in [-0.15, -0.1) is 0 Å². The van der Waals surface area contributed by atoms with Crippen LogP contribution in [0.1, 0.15) is 43.2 Å². The number of aryl methyl sites for hydroxylation is 1. The first-order valence-corrected chi connectivity index (χ1v) is 12.8. The van der Waals surface area contributed by atoms with Gasteiger partial charge in [-0.05, 0) is 59.9 Å². The lowest BCUT2D eigenvalue weighted by Gasteiger charge is -2.25. The van der Waals surface area contributed by atoms with Crippen LogP contribution in [0.2, 0.25) is 0 Å². The van der Waals surface area contributed by atoms with E-state index in [9.17, 15) is 8.42 Å². The van der Waals surface area contributed by atoms with Gasteiger partial charge in [0.25, 0.3) is 0 Å². The molecule has 0 aliphatic rings. The lowest BCUT2D eigenvalue weighted by Crippen LogP contribution is -2.14. The molecule has 6 nitrogen and oxygen atoms in total. The molecular weight excluding hydrogens is 448 g/mol. The van der Waals surface area contributed by atoms with Crippen LogP contribution in [0.5, 0.6) is 11.6 Å². The van der Waals surface area contributed by atoms with Crippen LogP contribution in [0.15, 0.2) is 48.5 Å². The molecular formula is C27H32N2O4S. The molecule has 0 bridgehead atoms. The zero-order valence-electron chi connectivity index (χ0n) is 20.8. The van der Waals surface area contributed by atoms with Crippen molar-refractivity contribution in [2.24, 2.45) is 0 Å². The molecule has 0 spiro atoms. The SMILES string of the molecule is COc1nc(C)ccc1-c1cc(C=Cc2ccc(NS(C)(=O)=O)cc2)c(OC)c(C(C)(C)C)c1. The first kappa shape index (κ1) is 25.3. The lowest BCUT2D eigenvalue weighted by molar-refractivity contribution is 0.395. The third kappa shape index (κ3) is 6.17. The normalized spacial score (nSPS) is 12.1. The third-order valence-electron chi connectivity index (χ3n) is 5.30. The van der Waals surface area contributed by atoms with Crippen LogP contribution < -0.4 is 14.2 Å². The number of nitrogens with one attached hydrogen (secondary N) is 1. The van der Waals surface area contributed by atoms with Gasteiger partial charge in [0.1, 0.15) is 5.75 Å². The van der Waals surface area contributed by atoms with Crippen molar-refractivity contribution in [1.29, 1.82) is 0 Å². The zero-order chi connectivity index (χ0) is 25.1. The van der Waals surface area contributed by atoms with Gasteiger partial charge in [-0.3, -0.25) is 4.72 Å². The molecule has 0 amide bonds. The van der Waals surface area contributed by atoms with Gasteiger partial charge in [0, 0.05) is 28.1 Å². The van der Waals surface area contributed by atoms with Gasteiger partial charge in [0.05, 0.1) is 20.5 Å². The Balaban J connectivity index is 2.10. The summed E-state index contributed by atoms with van der Waals surface area (Å²) in [4.78, 5) is 4.54. The number of sulfonamides is 1. The Bertz CT molecular complexity index is 1310. The molecule has 34 heavy (non-hydrogen) atoms. The number of hydrogen-bond donors (Lipinski definition) is 1. The van der Waals surface area contributed by atoms with Gasteiger partial charge in [-0.1, -0.05) is 45.1 Å². The second kappa shape index (κ2) is 9.89. The molecule has 180 valence electrons. The number of nitrogens with zero attached hydrogens (tertiary/aromatic N) is 1. The Morgan fingerprint density at radius 3 is 2.18 bits per heavy atom. The Morgan fingerprint density at radius 1 is 0.941 bits per heavy atom. The standard InChI is InChI=1S/C27H32N2O4S/c1-18-8-15-23(26(28-18)33-6)21-16-20(25(32-5)24(17-21)27(2,3)4)12-9-19-10-13-22(14-11-19)29-34(7,30)31/h8-17,29H,1-7H3. The summed E-state index contributed by atoms with van der Waals surface area (Å²) >= 11 is 0. The van der Waals surface area contributed by atoms with Gasteiger partial charge >= 0.3 is 0 Å². The fourth-order valence-corrected chi connectivity index (χ4v) is 4.25. The van der Waals surface area contributed by atoms with Crippen molar-refractivity contribution in [2.45, 2.75) is 33.1 Å². The highest BCUT2D eigenvalue weighted by molar-refractivity contribution is 7.92. The summed E-state index contributed by atoms with van der Waals surface area (Å²) in [6.07, 6.45) is 5.11. The molecule has 1 heterocycles. The van der Waals surface area contributed by atoms with Crippen LogP contribution in [0.3, 0.4) is 0 Å². The van der Waals surface area contributed by atoms with E-state index in [0.29, 0.717) is 11.6 Å². The van der Waals surface area contributed by atoms with E-state index in [0.717, 1.165) is 45.5 Å². The maximum absolute atomic E-state index is 11.4. The second-order valence-electron chi connectivity index (χ2n) is 9.24. The number of pyridine rings is 1. The van der Waals surface area contributed by atoms with E-state index in [1.54, 1.807) is 26.4 Å². The second-order valence-corrected chi connectivity index (χ2v) is 11.0. The molecule has 3 rings (SSSR count). The smallest absolute Gasteiger partial charge is 0.229 e. The fraction of sp³-hybridized carbons (Fsp3) is 0.296. The molecule has 7 heteroatoms. The van der Waals surface area contributed by atoms with Gasteiger partial charge in [0.2, 0.25) is 15.9 Å². The number of benzene rings is 2. The lowest BCUT2D eigenvalue weighted by atomic mass is 9.83. The Morgan fingerprint density at radius 2 is 1.62 bits per heavy atom. The summed E-state index contributed by atoms with van der Waals surface area (Å²) < 4.78 is 36.8. The Kier molecular flexibility index (Phi) is 7.36. The first-order valence-electron chi connectivity index (χ1n) is 10.9. The molecule has 0 saturated carbocycles. The summed E-state index contributed by atoms with van der Waals surface area (Å²) in [5.74, 6) is 1.39. The molecule has 0 radical (unpaired) electrons. The third-order valence-corrected chi connectivity index (χ3v) is 5.91. The van der Waals surface area contributed by atoms with Crippen molar-refractivity contribution >= 4 is 27.9 Å². The highest BCUT2D eigenvalue weighted by Gasteiger charge is 2.23. The molecule has 0 unspecified atom stereocenters. The van der Waals surface area contributed by atoms with Crippen LogP contribution in [0.25, 0.3) is 23.3 Å². The van der Waals surface area contributed by atoms with E-state index < -0.39 is 10.0 Å². The van der Waals surface area contributed by atoms with Crippen LogP contribution in [0, 0.1) is 6.92 Å². The van der Waals surface area contributed by atoms with E-state index >= 15 is 0 Å². The van der Waals surface area contributed by atoms with Crippen LogP contribution in [-0.4, -0.2) is 33.9 Å². The number of anilines is 1. The Labute approximate surface area is 202 Å². The summed E-state index contributed by atoms with van der Waals surface area (Å²) in [6.45, 7) is 8.40. The average molecular weight is 481 g/mol. The molecule has 0 aliphatic heterocycles. The minimum atomic E-state index is -3.31. The van der Waals surface area contributed by atoms with E-state index in [1.807, 2.05) is 43.3 Å². The van der Waals surface area contributed by atoms with E-state index in [-0.39, 0.29) is 5.41 Å². The average Bonchev–Trinajstić information content (AvgIpc) is 2.76. The number of hydrogen-bond acceptors (Lipinski definition) is 5. The number of ether oxygens (including phenoxy) is 2. The quantitative estimate of drug-likeness (QED) is 0.425. The van der Waals surface area contributed by atoms with Gasteiger partial charge < -0.3 is 9.47 Å². The maximum atomic E-state index is 11.4. The number of aromatic nitrogens is 1. The summed E-state index contributed by atoms with van der Waals surface area (Å²) in [5.41, 5.74) is 6.07. The predicted octanol–water partition coefficient (Wildman–Crippen LogP) is 5.91. The van der Waals surface area contributed by atoms with E-state index in [4.69, 9.17) is 9.47 Å². The summed E-state index contributed by atoms with van der Waals surface area (Å²) in [7, 11) is -0.00330. The largest absolute Gasteiger partial charge is 0.496 e. The molecule has 1 N–H and O–H groups in total. The number of rotatable bonds is 7. The first-order chi connectivity index (χ1) is 15.9. The van der Waals surface area contributed by atoms with Crippen molar-refractivity contribution in [2.75, 3.05) is 25.2 Å². The minimum Gasteiger partial charge on any atom is -0.496 e. The molecule has 0 aliphatic carbocycles. The van der Waals surface area contributed by atoms with Crippen molar-refractivity contribution in [3.8, 4) is 22.8 Å². The topological polar surface area (TPSA) is 77.5 Å². The van der Waals surface area contributed by atoms with Crippen molar-refractivity contribution in [3.63, 3.8) is 0 Å². The van der Waals surface area contributed by atoms with Crippen molar-refractivity contribution < 1.29 is 17.9 Å². The van der Waals surface area contributed by atoms with Crippen LogP contribution in [0.4, 0.5) is 5.69 Å². The predicted molar refractivity (Wildman–Crippen MR) is 140 cm³/mol. The molecule has 0 saturated heterocycles. The molecule has 1 aromatic heterocycles. The molecule has 3 aromatic rings. The maximum Gasteiger partial charge on any atom is 0.229 e. The number of methoxy groups -OCH3 is 2. The van der Waals surface area contributed by atoms with Gasteiger partial charge in [0.15, 0.2) is 0 Å². The van der Waals surface area contributed by atoms with E-state index in [1.165, 1.54) is 0 Å². The fourth-order valence-electron chi connectivity index (χ4n) is 3.69. The summed E-state index contributed by atoms with van der Waals surface area (Å²) in [5, 5.41) is 0. The van der Waals surface area contributed by atoms with Crippen LogP contribution >= 0.6 is 0 Å². The molecule has 0 atom stereocenters. The summed E-state index contributed by atoms with van der Waals surface area (Å²) in [6, 6.07) is 15.4. The Hall–Kier alpha value is -3.32. The molecule has 0 fully saturated rings. The van der Waals surface area contributed by atoms with Crippen LogP contribution in [-0.2, 0) is 15.4 Å². The highest BCUT2D eigenvalue weighted by Crippen LogP contribution is 2.40. The zero-order valence-corrected chi connectivity index (χ0v) is 21.6. The van der Waals surface area contributed by atoms with Gasteiger partial charge in [-0.2, -0.15) is 0 Å². The van der Waals surface area contributed by atoms with Crippen molar-refractivity contribution in [3.05, 3.63) is 70.9 Å². The van der Waals surface area contributed by atoms with E-state index in [2.05, 4.69) is 42.6 Å². The highest BCUT2D eigenvalue weighted by atomic mass is 32.2.